The molecule has 0 radical (unpaired) electrons. The lowest BCUT2D eigenvalue weighted by molar-refractivity contribution is 0.145. The lowest BCUT2D eigenvalue weighted by Crippen LogP contribution is -2.52. The van der Waals surface area contributed by atoms with E-state index in [1.165, 1.54) is 30.4 Å². The zero-order valence-electron chi connectivity index (χ0n) is 14.2. The summed E-state index contributed by atoms with van der Waals surface area (Å²) in [6.45, 7) is 5.02. The summed E-state index contributed by atoms with van der Waals surface area (Å²) in [5.41, 5.74) is 2.57. The third kappa shape index (κ3) is 3.12. The fourth-order valence-electron chi connectivity index (χ4n) is 4.28. The molecule has 1 N–H and O–H groups in total. The Kier molecular flexibility index (Phi) is 4.64. The van der Waals surface area contributed by atoms with E-state index in [9.17, 15) is 8.42 Å². The molecule has 2 heterocycles. The van der Waals surface area contributed by atoms with Gasteiger partial charge in [0.05, 0.1) is 4.90 Å². The number of rotatable bonds is 3. The van der Waals surface area contributed by atoms with Gasteiger partial charge in [0, 0.05) is 38.8 Å². The second-order valence-electron chi connectivity index (χ2n) is 7.22. The monoisotopic (exact) mass is 349 g/mol. The Hall–Kier alpha value is -0.950. The van der Waals surface area contributed by atoms with Gasteiger partial charge in [0.2, 0.25) is 10.0 Å². The number of sulfonamides is 1. The average molecular weight is 350 g/mol. The molecule has 6 heteroatoms. The molecular formula is C18H27N3O2S. The van der Waals surface area contributed by atoms with Crippen molar-refractivity contribution >= 4 is 10.0 Å². The quantitative estimate of drug-likeness (QED) is 0.892. The lowest BCUT2D eigenvalue weighted by atomic mass is 9.92. The number of nitrogens with one attached hydrogen (secondary N) is 1. The third-order valence-electron chi connectivity index (χ3n) is 5.78. The van der Waals surface area contributed by atoms with E-state index in [2.05, 4.69) is 10.2 Å². The summed E-state index contributed by atoms with van der Waals surface area (Å²) in [5.74, 6) is 0. The van der Waals surface area contributed by atoms with Crippen LogP contribution in [0.5, 0.6) is 0 Å². The van der Waals surface area contributed by atoms with Gasteiger partial charge in [-0.15, -0.1) is 0 Å². The largest absolute Gasteiger partial charge is 0.315 e. The fraction of sp³-hybridized carbons (Fsp3) is 0.667. The number of piperazine rings is 1. The first-order valence-corrected chi connectivity index (χ1v) is 10.7. The molecule has 1 unspecified atom stereocenters. The van der Waals surface area contributed by atoms with Crippen LogP contribution in [0.15, 0.2) is 23.1 Å². The van der Waals surface area contributed by atoms with Crippen LogP contribution in [-0.2, 0) is 22.9 Å². The molecule has 24 heavy (non-hydrogen) atoms. The standard InChI is InChI=1S/C18H27N3O2S/c22-24(23,18-6-5-15-3-1-2-4-16(15)13-18)21-11-9-20(10-12-21)17-7-8-19-14-17/h5-6,13,17,19H,1-4,7-12,14H2. The fourth-order valence-corrected chi connectivity index (χ4v) is 5.75. The Bertz CT molecular complexity index is 690. The molecule has 0 spiro atoms. The van der Waals surface area contributed by atoms with Crippen molar-refractivity contribution in [1.29, 1.82) is 0 Å². The number of nitrogens with zero attached hydrogens (tertiary/aromatic N) is 2. The molecule has 1 aromatic carbocycles. The molecule has 0 amide bonds. The van der Waals surface area contributed by atoms with Crippen molar-refractivity contribution in [1.82, 2.24) is 14.5 Å². The van der Waals surface area contributed by atoms with Crippen molar-refractivity contribution in [3.05, 3.63) is 29.3 Å². The summed E-state index contributed by atoms with van der Waals surface area (Å²) in [4.78, 5) is 2.93. The van der Waals surface area contributed by atoms with E-state index in [0.29, 0.717) is 24.0 Å². The van der Waals surface area contributed by atoms with Gasteiger partial charge in [0.25, 0.3) is 0 Å². The first-order valence-electron chi connectivity index (χ1n) is 9.21. The molecule has 5 nitrogen and oxygen atoms in total. The van der Waals surface area contributed by atoms with Gasteiger partial charge in [0.15, 0.2) is 0 Å². The zero-order chi connectivity index (χ0) is 16.6. The second kappa shape index (κ2) is 6.75. The summed E-state index contributed by atoms with van der Waals surface area (Å²) in [6, 6.07) is 6.35. The Labute approximate surface area is 145 Å². The second-order valence-corrected chi connectivity index (χ2v) is 9.16. The summed E-state index contributed by atoms with van der Waals surface area (Å²) in [7, 11) is -3.35. The summed E-state index contributed by atoms with van der Waals surface area (Å²) >= 11 is 0. The van der Waals surface area contributed by atoms with Crippen LogP contribution in [0.25, 0.3) is 0 Å². The minimum absolute atomic E-state index is 0.485. The van der Waals surface area contributed by atoms with Crippen molar-refractivity contribution in [2.75, 3.05) is 39.3 Å². The van der Waals surface area contributed by atoms with Crippen LogP contribution in [0.2, 0.25) is 0 Å². The predicted molar refractivity (Wildman–Crippen MR) is 94.7 cm³/mol. The van der Waals surface area contributed by atoms with Crippen LogP contribution in [-0.4, -0.2) is 62.9 Å². The van der Waals surface area contributed by atoms with Crippen LogP contribution < -0.4 is 5.32 Å². The van der Waals surface area contributed by atoms with Crippen molar-refractivity contribution in [3.63, 3.8) is 0 Å². The van der Waals surface area contributed by atoms with Gasteiger partial charge in [-0.25, -0.2) is 8.42 Å². The number of hydrogen-bond acceptors (Lipinski definition) is 4. The first kappa shape index (κ1) is 16.5. The SMILES string of the molecule is O=S(=O)(c1ccc2c(c1)CCCC2)N1CCN(C2CCNC2)CC1. The van der Waals surface area contributed by atoms with Gasteiger partial charge in [0.1, 0.15) is 0 Å². The maximum absolute atomic E-state index is 13.0. The smallest absolute Gasteiger partial charge is 0.243 e. The highest BCUT2D eigenvalue weighted by atomic mass is 32.2. The van der Waals surface area contributed by atoms with E-state index in [4.69, 9.17) is 0 Å². The summed E-state index contributed by atoms with van der Waals surface area (Å²) < 4.78 is 27.7. The highest BCUT2D eigenvalue weighted by Crippen LogP contribution is 2.26. The number of benzene rings is 1. The molecule has 4 rings (SSSR count). The third-order valence-corrected chi connectivity index (χ3v) is 7.68. The minimum atomic E-state index is -3.35. The maximum Gasteiger partial charge on any atom is 0.243 e. The molecule has 1 aliphatic carbocycles. The topological polar surface area (TPSA) is 52.7 Å². The Morgan fingerprint density at radius 1 is 1.00 bits per heavy atom. The molecule has 1 atom stereocenters. The van der Waals surface area contributed by atoms with Gasteiger partial charge in [-0.2, -0.15) is 4.31 Å². The van der Waals surface area contributed by atoms with E-state index in [0.717, 1.165) is 39.0 Å². The van der Waals surface area contributed by atoms with E-state index in [1.54, 1.807) is 4.31 Å². The molecule has 0 saturated carbocycles. The molecule has 2 fully saturated rings. The predicted octanol–water partition coefficient (Wildman–Crippen LogP) is 1.23. The van der Waals surface area contributed by atoms with Crippen molar-refractivity contribution in [2.24, 2.45) is 0 Å². The van der Waals surface area contributed by atoms with Crippen molar-refractivity contribution in [3.8, 4) is 0 Å². The van der Waals surface area contributed by atoms with E-state index < -0.39 is 10.0 Å². The van der Waals surface area contributed by atoms with Crippen LogP contribution in [0, 0.1) is 0 Å². The van der Waals surface area contributed by atoms with Crippen LogP contribution in [0.1, 0.15) is 30.4 Å². The van der Waals surface area contributed by atoms with Crippen molar-refractivity contribution < 1.29 is 8.42 Å². The molecule has 1 aromatic rings. The highest BCUT2D eigenvalue weighted by molar-refractivity contribution is 7.89. The van der Waals surface area contributed by atoms with Gasteiger partial charge in [-0.3, -0.25) is 4.90 Å². The molecule has 2 aliphatic heterocycles. The lowest BCUT2D eigenvalue weighted by Gasteiger charge is -2.37. The number of fused-ring (bicyclic) bond motifs is 1. The summed E-state index contributed by atoms with van der Waals surface area (Å²) in [5, 5.41) is 3.39. The Morgan fingerprint density at radius 3 is 2.46 bits per heavy atom. The zero-order valence-corrected chi connectivity index (χ0v) is 15.0. The normalized spacial score (nSPS) is 26.4. The number of aryl methyl sites for hydroxylation is 2. The highest BCUT2D eigenvalue weighted by Gasteiger charge is 2.32. The molecule has 2 saturated heterocycles. The van der Waals surface area contributed by atoms with Gasteiger partial charge in [-0.05, 0) is 61.9 Å². The molecule has 132 valence electrons. The van der Waals surface area contributed by atoms with Gasteiger partial charge in [-0.1, -0.05) is 6.07 Å². The van der Waals surface area contributed by atoms with E-state index in [-0.39, 0.29) is 0 Å². The maximum atomic E-state index is 13.0. The molecular weight excluding hydrogens is 322 g/mol. The Morgan fingerprint density at radius 2 is 1.75 bits per heavy atom. The van der Waals surface area contributed by atoms with Gasteiger partial charge >= 0.3 is 0 Å². The first-order chi connectivity index (χ1) is 11.6. The average Bonchev–Trinajstić information content (AvgIpc) is 3.16. The van der Waals surface area contributed by atoms with E-state index in [1.807, 2.05) is 18.2 Å². The van der Waals surface area contributed by atoms with Crippen LogP contribution in [0.4, 0.5) is 0 Å². The summed E-state index contributed by atoms with van der Waals surface area (Å²) in [6.07, 6.45) is 5.67. The molecule has 3 aliphatic rings. The number of hydrogen-bond donors (Lipinski definition) is 1. The molecule has 0 aromatic heterocycles. The van der Waals surface area contributed by atoms with Crippen LogP contribution >= 0.6 is 0 Å². The van der Waals surface area contributed by atoms with E-state index >= 15 is 0 Å². The van der Waals surface area contributed by atoms with Crippen molar-refractivity contribution in [2.45, 2.75) is 43.0 Å². The minimum Gasteiger partial charge on any atom is -0.315 e. The Balaban J connectivity index is 1.47. The molecule has 0 bridgehead atoms. The van der Waals surface area contributed by atoms with Crippen LogP contribution in [0.3, 0.4) is 0 Å². The van der Waals surface area contributed by atoms with Gasteiger partial charge < -0.3 is 5.32 Å².